The number of rotatable bonds is 6. The Kier molecular flexibility index (Phi) is 5.11. The van der Waals surface area contributed by atoms with Crippen molar-refractivity contribution in [2.24, 2.45) is 0 Å². The van der Waals surface area contributed by atoms with E-state index in [4.69, 9.17) is 5.11 Å². The highest BCUT2D eigenvalue weighted by Gasteiger charge is 2.07. The lowest BCUT2D eigenvalue weighted by Gasteiger charge is -2.16. The second-order valence-electron chi connectivity index (χ2n) is 3.44. The molecule has 0 saturated heterocycles. The summed E-state index contributed by atoms with van der Waals surface area (Å²) in [6.45, 7) is 2.11. The number of carboxylic acids is 1. The van der Waals surface area contributed by atoms with Gasteiger partial charge in [0, 0.05) is 18.0 Å². The number of nitrogens with zero attached hydrogens (tertiary/aromatic N) is 1. The Morgan fingerprint density at radius 2 is 2.38 bits per heavy atom. The van der Waals surface area contributed by atoms with E-state index in [0.29, 0.717) is 6.04 Å². The van der Waals surface area contributed by atoms with Crippen molar-refractivity contribution in [3.05, 3.63) is 23.9 Å². The van der Waals surface area contributed by atoms with Gasteiger partial charge in [-0.25, -0.2) is 9.78 Å². The summed E-state index contributed by atoms with van der Waals surface area (Å²) in [4.78, 5) is 14.7. The van der Waals surface area contributed by atoms with E-state index in [2.05, 4.69) is 23.5 Å². The number of thioether (sulfide) groups is 1. The number of nitrogens with one attached hydrogen (secondary N) is 1. The third-order valence-electron chi connectivity index (χ3n) is 2.22. The highest BCUT2D eigenvalue weighted by Crippen LogP contribution is 2.10. The number of pyridine rings is 1. The van der Waals surface area contributed by atoms with E-state index in [-0.39, 0.29) is 5.56 Å². The fraction of sp³-hybridized carbons (Fsp3) is 0.455. The first-order chi connectivity index (χ1) is 7.67. The maximum Gasteiger partial charge on any atom is 0.337 e. The zero-order chi connectivity index (χ0) is 12.0. The summed E-state index contributed by atoms with van der Waals surface area (Å²) >= 11 is 1.78. The Labute approximate surface area is 99.5 Å². The van der Waals surface area contributed by atoms with Gasteiger partial charge in [0.2, 0.25) is 0 Å². The van der Waals surface area contributed by atoms with E-state index in [1.807, 2.05) is 0 Å². The van der Waals surface area contributed by atoms with Gasteiger partial charge in [0.15, 0.2) is 0 Å². The summed E-state index contributed by atoms with van der Waals surface area (Å²) in [7, 11) is 0. The van der Waals surface area contributed by atoms with E-state index >= 15 is 0 Å². The van der Waals surface area contributed by atoms with Gasteiger partial charge in [-0.3, -0.25) is 0 Å². The summed E-state index contributed by atoms with van der Waals surface area (Å²) in [5, 5.41) is 12.0. The fourth-order valence-corrected chi connectivity index (χ4v) is 2.00. The molecule has 0 aliphatic rings. The molecule has 0 saturated carbocycles. The minimum absolute atomic E-state index is 0.212. The highest BCUT2D eigenvalue weighted by atomic mass is 32.2. The largest absolute Gasteiger partial charge is 0.478 e. The lowest BCUT2D eigenvalue weighted by molar-refractivity contribution is 0.0696. The van der Waals surface area contributed by atoms with Crippen LogP contribution in [0, 0.1) is 0 Å². The molecule has 0 aliphatic heterocycles. The smallest absolute Gasteiger partial charge is 0.337 e. The molecule has 0 bridgehead atoms. The van der Waals surface area contributed by atoms with Crippen LogP contribution >= 0.6 is 11.8 Å². The van der Waals surface area contributed by atoms with Crippen molar-refractivity contribution in [2.45, 2.75) is 19.4 Å². The number of aromatic carboxylic acids is 1. The number of anilines is 1. The van der Waals surface area contributed by atoms with Gasteiger partial charge in [-0.2, -0.15) is 11.8 Å². The standard InChI is InChI=1S/C11H16N2O2S/c1-3-9(7-16-2)13-10-5-4-8(6-12-10)11(14)15/h4-6,9H,3,7H2,1-2H3,(H,12,13)(H,14,15). The summed E-state index contributed by atoms with van der Waals surface area (Å²) < 4.78 is 0. The normalized spacial score (nSPS) is 12.1. The molecule has 0 amide bonds. The third kappa shape index (κ3) is 3.73. The summed E-state index contributed by atoms with van der Waals surface area (Å²) in [5.41, 5.74) is 0.212. The molecule has 88 valence electrons. The minimum Gasteiger partial charge on any atom is -0.478 e. The Morgan fingerprint density at radius 1 is 1.62 bits per heavy atom. The van der Waals surface area contributed by atoms with E-state index in [1.165, 1.54) is 6.20 Å². The predicted octanol–water partition coefficient (Wildman–Crippen LogP) is 2.33. The zero-order valence-electron chi connectivity index (χ0n) is 9.43. The van der Waals surface area contributed by atoms with Gasteiger partial charge in [-0.05, 0) is 24.8 Å². The molecule has 1 heterocycles. The van der Waals surface area contributed by atoms with Gasteiger partial charge in [-0.15, -0.1) is 0 Å². The summed E-state index contributed by atoms with van der Waals surface area (Å²) in [5.74, 6) is 0.792. The van der Waals surface area contributed by atoms with Gasteiger partial charge in [0.25, 0.3) is 0 Å². The molecule has 1 unspecified atom stereocenters. The second-order valence-corrected chi connectivity index (χ2v) is 4.35. The molecule has 1 atom stereocenters. The fourth-order valence-electron chi connectivity index (χ4n) is 1.28. The van der Waals surface area contributed by atoms with Crippen molar-refractivity contribution in [1.29, 1.82) is 0 Å². The van der Waals surface area contributed by atoms with Crippen LogP contribution in [0.2, 0.25) is 0 Å². The molecule has 16 heavy (non-hydrogen) atoms. The Hall–Kier alpha value is -1.23. The maximum atomic E-state index is 10.6. The number of hydrogen-bond donors (Lipinski definition) is 2. The van der Waals surface area contributed by atoms with Crippen LogP contribution in [0.3, 0.4) is 0 Å². The number of hydrogen-bond acceptors (Lipinski definition) is 4. The average molecular weight is 240 g/mol. The monoisotopic (exact) mass is 240 g/mol. The molecule has 1 aromatic heterocycles. The molecular formula is C11H16N2O2S. The second kappa shape index (κ2) is 6.37. The van der Waals surface area contributed by atoms with Crippen molar-refractivity contribution >= 4 is 23.5 Å². The summed E-state index contributed by atoms with van der Waals surface area (Å²) in [6, 6.07) is 3.63. The zero-order valence-corrected chi connectivity index (χ0v) is 10.3. The summed E-state index contributed by atoms with van der Waals surface area (Å²) in [6.07, 6.45) is 4.45. The average Bonchev–Trinajstić information content (AvgIpc) is 2.29. The van der Waals surface area contributed by atoms with Crippen LogP contribution in [0.4, 0.5) is 5.82 Å². The number of carbonyl (C=O) groups is 1. The van der Waals surface area contributed by atoms with E-state index in [1.54, 1.807) is 23.9 Å². The van der Waals surface area contributed by atoms with Crippen LogP contribution < -0.4 is 5.32 Å². The molecule has 1 aromatic rings. The van der Waals surface area contributed by atoms with Crippen molar-refractivity contribution < 1.29 is 9.90 Å². The van der Waals surface area contributed by atoms with Gasteiger partial charge >= 0.3 is 5.97 Å². The van der Waals surface area contributed by atoms with E-state index in [0.717, 1.165) is 18.0 Å². The lowest BCUT2D eigenvalue weighted by Crippen LogP contribution is -2.21. The van der Waals surface area contributed by atoms with Crippen LogP contribution in [0.5, 0.6) is 0 Å². The van der Waals surface area contributed by atoms with E-state index in [9.17, 15) is 4.79 Å². The van der Waals surface area contributed by atoms with Gasteiger partial charge in [0.1, 0.15) is 5.82 Å². The Morgan fingerprint density at radius 3 is 2.81 bits per heavy atom. The van der Waals surface area contributed by atoms with Crippen LogP contribution in [0.1, 0.15) is 23.7 Å². The molecule has 0 radical (unpaired) electrons. The van der Waals surface area contributed by atoms with E-state index < -0.39 is 5.97 Å². The first kappa shape index (κ1) is 12.8. The topological polar surface area (TPSA) is 62.2 Å². The molecule has 0 aliphatic carbocycles. The molecule has 5 heteroatoms. The quantitative estimate of drug-likeness (QED) is 0.799. The van der Waals surface area contributed by atoms with Crippen LogP contribution in [-0.4, -0.2) is 34.1 Å². The maximum absolute atomic E-state index is 10.6. The first-order valence-electron chi connectivity index (χ1n) is 5.12. The molecule has 2 N–H and O–H groups in total. The van der Waals surface area contributed by atoms with Gasteiger partial charge < -0.3 is 10.4 Å². The van der Waals surface area contributed by atoms with Gasteiger partial charge in [-0.1, -0.05) is 6.92 Å². The highest BCUT2D eigenvalue weighted by molar-refractivity contribution is 7.98. The predicted molar refractivity (Wildman–Crippen MR) is 67.3 cm³/mol. The molecule has 0 fully saturated rings. The molecule has 1 rings (SSSR count). The third-order valence-corrected chi connectivity index (χ3v) is 2.96. The van der Waals surface area contributed by atoms with Crippen LogP contribution in [0.15, 0.2) is 18.3 Å². The first-order valence-corrected chi connectivity index (χ1v) is 6.51. The molecule has 4 nitrogen and oxygen atoms in total. The van der Waals surface area contributed by atoms with Crippen LogP contribution in [0.25, 0.3) is 0 Å². The van der Waals surface area contributed by atoms with Crippen molar-refractivity contribution in [2.75, 3.05) is 17.3 Å². The van der Waals surface area contributed by atoms with Gasteiger partial charge in [0.05, 0.1) is 5.56 Å². The lowest BCUT2D eigenvalue weighted by atomic mass is 10.2. The number of carboxylic acid groups (broad SMARTS) is 1. The van der Waals surface area contributed by atoms with Crippen molar-refractivity contribution in [3.63, 3.8) is 0 Å². The molecular weight excluding hydrogens is 224 g/mol. The number of aromatic nitrogens is 1. The van der Waals surface area contributed by atoms with Crippen LogP contribution in [-0.2, 0) is 0 Å². The Balaban J connectivity index is 2.63. The SMILES string of the molecule is CCC(CSC)Nc1ccc(C(=O)O)cn1. The molecule has 0 spiro atoms. The minimum atomic E-state index is -0.949. The van der Waals surface area contributed by atoms with Crippen molar-refractivity contribution in [3.8, 4) is 0 Å². The van der Waals surface area contributed by atoms with Crippen molar-refractivity contribution in [1.82, 2.24) is 4.98 Å². The molecule has 0 aromatic carbocycles. The Bertz CT molecular complexity index is 340.